The lowest BCUT2D eigenvalue weighted by molar-refractivity contribution is -0.138. The van der Waals surface area contributed by atoms with Gasteiger partial charge in [0.1, 0.15) is 11.6 Å². The molecular formula is C17H19NO2. The van der Waals surface area contributed by atoms with E-state index in [4.69, 9.17) is 4.74 Å². The summed E-state index contributed by atoms with van der Waals surface area (Å²) in [4.78, 5) is 11.9. The molecule has 0 amide bonds. The monoisotopic (exact) mass is 269 g/mol. The topological polar surface area (TPSA) is 50.1 Å². The van der Waals surface area contributed by atoms with Crippen molar-refractivity contribution in [2.24, 2.45) is 0 Å². The van der Waals surface area contributed by atoms with Crippen molar-refractivity contribution in [1.29, 1.82) is 5.26 Å². The number of nitrogens with zero attached hydrogens (tertiary/aromatic N) is 1. The van der Waals surface area contributed by atoms with E-state index in [1.165, 1.54) is 5.56 Å². The van der Waals surface area contributed by atoms with Gasteiger partial charge in [-0.05, 0) is 37.3 Å². The second-order valence-corrected chi connectivity index (χ2v) is 4.94. The van der Waals surface area contributed by atoms with Crippen LogP contribution in [-0.4, -0.2) is 12.6 Å². The summed E-state index contributed by atoms with van der Waals surface area (Å²) in [7, 11) is 0. The highest BCUT2D eigenvalue weighted by molar-refractivity contribution is 5.94. The molecule has 1 aromatic rings. The number of esters is 1. The van der Waals surface area contributed by atoms with Crippen LogP contribution in [0.3, 0.4) is 0 Å². The highest BCUT2D eigenvalue weighted by Gasteiger charge is 2.27. The zero-order valence-corrected chi connectivity index (χ0v) is 11.8. The molecular weight excluding hydrogens is 250 g/mol. The minimum absolute atomic E-state index is 0.170. The lowest BCUT2D eigenvalue weighted by Crippen LogP contribution is -2.16. The number of nitriles is 1. The zero-order valence-electron chi connectivity index (χ0n) is 11.8. The van der Waals surface area contributed by atoms with Crippen molar-refractivity contribution in [2.75, 3.05) is 6.61 Å². The molecule has 1 fully saturated rings. The fourth-order valence-corrected chi connectivity index (χ4v) is 2.82. The number of allylic oxidation sites excluding steroid dienone is 1. The van der Waals surface area contributed by atoms with Gasteiger partial charge in [0, 0.05) is 5.92 Å². The molecule has 1 unspecified atom stereocenters. The Morgan fingerprint density at radius 1 is 1.35 bits per heavy atom. The van der Waals surface area contributed by atoms with Gasteiger partial charge in [0.25, 0.3) is 0 Å². The molecule has 1 atom stereocenters. The molecule has 104 valence electrons. The van der Waals surface area contributed by atoms with Crippen molar-refractivity contribution < 1.29 is 9.53 Å². The fourth-order valence-electron chi connectivity index (χ4n) is 2.82. The molecule has 1 aromatic carbocycles. The highest BCUT2D eigenvalue weighted by Crippen LogP contribution is 2.39. The van der Waals surface area contributed by atoms with E-state index in [0.717, 1.165) is 31.3 Å². The first-order valence-electron chi connectivity index (χ1n) is 7.13. The number of carbonyl (C=O) groups is 1. The van der Waals surface area contributed by atoms with Gasteiger partial charge in [-0.15, -0.1) is 0 Å². The maximum atomic E-state index is 11.9. The van der Waals surface area contributed by atoms with E-state index in [1.807, 2.05) is 18.2 Å². The molecule has 20 heavy (non-hydrogen) atoms. The molecule has 0 radical (unpaired) electrons. The van der Waals surface area contributed by atoms with E-state index in [9.17, 15) is 10.1 Å². The van der Waals surface area contributed by atoms with E-state index in [0.29, 0.717) is 6.61 Å². The van der Waals surface area contributed by atoms with Crippen LogP contribution in [-0.2, 0) is 9.53 Å². The zero-order chi connectivity index (χ0) is 14.4. The summed E-state index contributed by atoms with van der Waals surface area (Å²) in [5, 5.41) is 9.33. The third-order valence-electron chi connectivity index (χ3n) is 3.72. The summed E-state index contributed by atoms with van der Waals surface area (Å²) < 4.78 is 5.01. The Balaban J connectivity index is 2.39. The summed E-state index contributed by atoms with van der Waals surface area (Å²) in [6, 6.07) is 12.2. The van der Waals surface area contributed by atoms with Crippen molar-refractivity contribution in [3.63, 3.8) is 0 Å². The summed E-state index contributed by atoms with van der Waals surface area (Å²) >= 11 is 0. The van der Waals surface area contributed by atoms with Crippen molar-refractivity contribution in [2.45, 2.75) is 38.5 Å². The lowest BCUT2D eigenvalue weighted by Gasteiger charge is -2.26. The molecule has 0 heterocycles. The summed E-state index contributed by atoms with van der Waals surface area (Å²) in [5.74, 6) is -0.308. The van der Waals surface area contributed by atoms with Crippen LogP contribution in [0, 0.1) is 11.3 Å². The number of ether oxygens (including phenoxy) is 1. The van der Waals surface area contributed by atoms with E-state index in [2.05, 4.69) is 18.2 Å². The Morgan fingerprint density at radius 3 is 2.75 bits per heavy atom. The molecule has 3 nitrogen and oxygen atoms in total. The lowest BCUT2D eigenvalue weighted by atomic mass is 9.78. The summed E-state index contributed by atoms with van der Waals surface area (Å²) in [6.07, 6.45) is 3.96. The minimum Gasteiger partial charge on any atom is -0.462 e. The molecule has 0 aromatic heterocycles. The molecule has 0 aliphatic heterocycles. The number of benzene rings is 1. The smallest absolute Gasteiger partial charge is 0.348 e. The van der Waals surface area contributed by atoms with Gasteiger partial charge in [0.05, 0.1) is 6.61 Å². The average Bonchev–Trinajstić information content (AvgIpc) is 2.50. The minimum atomic E-state index is -0.479. The second-order valence-electron chi connectivity index (χ2n) is 4.94. The third-order valence-corrected chi connectivity index (χ3v) is 3.72. The van der Waals surface area contributed by atoms with Gasteiger partial charge in [0.15, 0.2) is 0 Å². The maximum Gasteiger partial charge on any atom is 0.348 e. The van der Waals surface area contributed by atoms with Crippen LogP contribution < -0.4 is 0 Å². The third kappa shape index (κ3) is 3.08. The second kappa shape index (κ2) is 6.91. The van der Waals surface area contributed by atoms with Crippen LogP contribution in [0.1, 0.15) is 44.1 Å². The normalized spacial score (nSPS) is 20.9. The Bertz CT molecular complexity index is 540. The Hall–Kier alpha value is -2.08. The number of hydrogen-bond donors (Lipinski definition) is 0. The van der Waals surface area contributed by atoms with E-state index in [-0.39, 0.29) is 11.5 Å². The van der Waals surface area contributed by atoms with E-state index >= 15 is 0 Å². The Morgan fingerprint density at radius 2 is 2.10 bits per heavy atom. The van der Waals surface area contributed by atoms with Gasteiger partial charge in [-0.1, -0.05) is 36.8 Å². The van der Waals surface area contributed by atoms with Crippen molar-refractivity contribution in [3.05, 3.63) is 47.0 Å². The maximum absolute atomic E-state index is 11.9. The van der Waals surface area contributed by atoms with Gasteiger partial charge in [-0.2, -0.15) is 5.26 Å². The first kappa shape index (κ1) is 14.3. The highest BCUT2D eigenvalue weighted by atomic mass is 16.5. The molecule has 1 saturated carbocycles. The van der Waals surface area contributed by atoms with Crippen molar-refractivity contribution in [3.8, 4) is 6.07 Å². The van der Waals surface area contributed by atoms with Crippen molar-refractivity contribution in [1.82, 2.24) is 0 Å². The quantitative estimate of drug-likeness (QED) is 0.477. The number of hydrogen-bond acceptors (Lipinski definition) is 3. The van der Waals surface area contributed by atoms with Crippen LogP contribution >= 0.6 is 0 Å². The van der Waals surface area contributed by atoms with Crippen LogP contribution in [0.5, 0.6) is 0 Å². The first-order chi connectivity index (χ1) is 9.77. The molecule has 0 saturated heterocycles. The molecule has 1 aliphatic carbocycles. The number of carbonyl (C=O) groups excluding carboxylic acids is 1. The summed E-state index contributed by atoms with van der Waals surface area (Å²) in [6.45, 7) is 2.06. The van der Waals surface area contributed by atoms with Gasteiger partial charge >= 0.3 is 5.97 Å². The van der Waals surface area contributed by atoms with Crippen LogP contribution in [0.4, 0.5) is 0 Å². The predicted octanol–water partition coefficient (Wildman–Crippen LogP) is 3.73. The van der Waals surface area contributed by atoms with Crippen LogP contribution in [0.25, 0.3) is 0 Å². The molecule has 0 N–H and O–H groups in total. The molecule has 0 spiro atoms. The average molecular weight is 269 g/mol. The van der Waals surface area contributed by atoms with Crippen LogP contribution in [0.15, 0.2) is 41.5 Å². The molecule has 1 aliphatic rings. The Labute approximate surface area is 119 Å². The largest absolute Gasteiger partial charge is 0.462 e. The van der Waals surface area contributed by atoms with Gasteiger partial charge in [-0.25, -0.2) is 4.79 Å². The van der Waals surface area contributed by atoms with E-state index < -0.39 is 5.97 Å². The first-order valence-corrected chi connectivity index (χ1v) is 7.13. The standard InChI is InChI=1S/C17H19NO2/c1-2-20-17(19)16(12-18)15-11-7-6-10-14(15)13-8-4-3-5-9-13/h3-5,8-9,14H,2,6-7,10-11H2,1H3/b16-15-. The van der Waals surface area contributed by atoms with Gasteiger partial charge in [0.2, 0.25) is 0 Å². The van der Waals surface area contributed by atoms with E-state index in [1.54, 1.807) is 6.92 Å². The molecule has 0 bridgehead atoms. The van der Waals surface area contributed by atoms with Crippen LogP contribution in [0.2, 0.25) is 0 Å². The van der Waals surface area contributed by atoms with Gasteiger partial charge < -0.3 is 4.74 Å². The predicted molar refractivity (Wildman–Crippen MR) is 76.9 cm³/mol. The Kier molecular flexibility index (Phi) is 4.95. The fraction of sp³-hybridized carbons (Fsp3) is 0.412. The SMILES string of the molecule is CCOC(=O)/C(C#N)=C1/CCCCC1c1ccccc1. The summed E-state index contributed by atoms with van der Waals surface area (Å²) in [5.41, 5.74) is 2.34. The molecule has 3 heteroatoms. The van der Waals surface area contributed by atoms with Gasteiger partial charge in [-0.3, -0.25) is 0 Å². The number of rotatable bonds is 3. The van der Waals surface area contributed by atoms with Crippen molar-refractivity contribution >= 4 is 5.97 Å². The molecule has 2 rings (SSSR count).